The van der Waals surface area contributed by atoms with Gasteiger partial charge in [0.1, 0.15) is 11.5 Å². The molecule has 0 aliphatic carbocycles. The van der Waals surface area contributed by atoms with E-state index >= 15 is 0 Å². The third-order valence-corrected chi connectivity index (χ3v) is 3.66. The molecule has 108 valence electrons. The molecule has 0 aliphatic heterocycles. The summed E-state index contributed by atoms with van der Waals surface area (Å²) in [5.74, 6) is 0.347. The number of benzene rings is 2. The zero-order chi connectivity index (χ0) is 15.2. The van der Waals surface area contributed by atoms with Gasteiger partial charge in [0, 0.05) is 9.13 Å². The number of phenols is 1. The number of phenolic OH excluding ortho intramolecular Hbond substituents is 1. The summed E-state index contributed by atoms with van der Waals surface area (Å²) >= 11 is 2.08. The van der Waals surface area contributed by atoms with Gasteiger partial charge in [0.15, 0.2) is 0 Å². The zero-order valence-corrected chi connectivity index (χ0v) is 13.4. The van der Waals surface area contributed by atoms with Crippen molar-refractivity contribution in [2.45, 2.75) is 0 Å². The molecular weight excluding hydrogens is 383 g/mol. The van der Waals surface area contributed by atoms with Crippen molar-refractivity contribution in [1.29, 1.82) is 0 Å². The lowest BCUT2D eigenvalue weighted by molar-refractivity contribution is 0.0954. The lowest BCUT2D eigenvalue weighted by Crippen LogP contribution is -2.18. The summed E-state index contributed by atoms with van der Waals surface area (Å²) in [4.78, 5) is 11.9. The number of ether oxygens (including phenoxy) is 1. The first-order chi connectivity index (χ1) is 10.1. The maximum absolute atomic E-state index is 11.9. The van der Waals surface area contributed by atoms with Gasteiger partial charge in [-0.15, -0.1) is 0 Å². The van der Waals surface area contributed by atoms with E-state index in [1.54, 1.807) is 24.3 Å². The van der Waals surface area contributed by atoms with Crippen LogP contribution in [0.1, 0.15) is 15.9 Å². The van der Waals surface area contributed by atoms with E-state index in [1.165, 1.54) is 19.4 Å². The van der Waals surface area contributed by atoms with Gasteiger partial charge in [-0.2, -0.15) is 5.10 Å². The van der Waals surface area contributed by atoms with Gasteiger partial charge in [0.2, 0.25) is 0 Å². The standard InChI is InChI=1S/C15H13IN2O3/c1-21-11-6-7-14(19)10(8-11)9-17-18-15(20)12-4-2-3-5-13(12)16/h2-9,19H,1H3,(H,18,20). The summed E-state index contributed by atoms with van der Waals surface area (Å²) < 4.78 is 5.90. The number of carbonyl (C=O) groups is 1. The molecule has 2 aromatic carbocycles. The summed E-state index contributed by atoms with van der Waals surface area (Å²) in [6, 6.07) is 12.0. The topological polar surface area (TPSA) is 70.9 Å². The largest absolute Gasteiger partial charge is 0.507 e. The fourth-order valence-electron chi connectivity index (χ4n) is 1.63. The average molecular weight is 396 g/mol. The first-order valence-electron chi connectivity index (χ1n) is 6.06. The molecule has 6 heteroatoms. The fourth-order valence-corrected chi connectivity index (χ4v) is 2.26. The maximum atomic E-state index is 11.9. The van der Waals surface area contributed by atoms with Gasteiger partial charge in [0.25, 0.3) is 5.91 Å². The summed E-state index contributed by atoms with van der Waals surface area (Å²) in [5.41, 5.74) is 3.43. The van der Waals surface area contributed by atoms with Crippen molar-refractivity contribution in [1.82, 2.24) is 5.43 Å². The average Bonchev–Trinajstić information content (AvgIpc) is 2.49. The summed E-state index contributed by atoms with van der Waals surface area (Å²) in [7, 11) is 1.53. The molecule has 0 fully saturated rings. The second-order valence-corrected chi connectivity index (χ2v) is 5.27. The predicted octanol–water partition coefficient (Wildman–Crippen LogP) is 2.77. The van der Waals surface area contributed by atoms with Gasteiger partial charge in [0.05, 0.1) is 18.9 Å². The Hall–Kier alpha value is -2.09. The van der Waals surface area contributed by atoms with Gasteiger partial charge in [-0.1, -0.05) is 12.1 Å². The molecule has 0 saturated heterocycles. The molecule has 0 aromatic heterocycles. The minimum Gasteiger partial charge on any atom is -0.507 e. The Morgan fingerprint density at radius 3 is 2.81 bits per heavy atom. The van der Waals surface area contributed by atoms with E-state index in [1.807, 2.05) is 12.1 Å². The van der Waals surface area contributed by atoms with Crippen molar-refractivity contribution in [2.24, 2.45) is 5.10 Å². The second-order valence-electron chi connectivity index (χ2n) is 4.10. The van der Waals surface area contributed by atoms with Crippen molar-refractivity contribution in [3.8, 4) is 11.5 Å². The second kappa shape index (κ2) is 7.07. The van der Waals surface area contributed by atoms with Crippen molar-refractivity contribution in [3.63, 3.8) is 0 Å². The number of carbonyl (C=O) groups excluding carboxylic acids is 1. The maximum Gasteiger partial charge on any atom is 0.272 e. The monoisotopic (exact) mass is 396 g/mol. The molecule has 0 aliphatic rings. The molecule has 2 rings (SSSR count). The first kappa shape index (κ1) is 15.3. The Labute approximate surface area is 135 Å². The predicted molar refractivity (Wildman–Crippen MR) is 88.9 cm³/mol. The van der Waals surface area contributed by atoms with Crippen LogP contribution in [-0.4, -0.2) is 24.3 Å². The van der Waals surface area contributed by atoms with Crippen molar-refractivity contribution in [2.75, 3.05) is 7.11 Å². The van der Waals surface area contributed by atoms with Crippen LogP contribution in [0, 0.1) is 3.57 Å². The van der Waals surface area contributed by atoms with Gasteiger partial charge in [-0.3, -0.25) is 4.79 Å². The Bertz CT molecular complexity index is 686. The highest BCUT2D eigenvalue weighted by Crippen LogP contribution is 2.21. The Kier molecular flexibility index (Phi) is 5.15. The van der Waals surface area contributed by atoms with Crippen LogP contribution in [0.3, 0.4) is 0 Å². The summed E-state index contributed by atoms with van der Waals surface area (Å²) in [6.45, 7) is 0. The van der Waals surface area contributed by atoms with E-state index in [2.05, 4.69) is 33.1 Å². The molecule has 0 spiro atoms. The SMILES string of the molecule is COc1ccc(O)c(C=NNC(=O)c2ccccc2I)c1. The van der Waals surface area contributed by atoms with E-state index in [0.29, 0.717) is 16.9 Å². The number of hydrogen-bond acceptors (Lipinski definition) is 4. The van der Waals surface area contributed by atoms with Crippen LogP contribution in [0.15, 0.2) is 47.6 Å². The fraction of sp³-hybridized carbons (Fsp3) is 0.0667. The van der Waals surface area contributed by atoms with Crippen molar-refractivity contribution in [3.05, 3.63) is 57.2 Å². The molecule has 0 unspecified atom stereocenters. The first-order valence-corrected chi connectivity index (χ1v) is 7.14. The van der Waals surface area contributed by atoms with Crippen molar-refractivity contribution >= 4 is 34.7 Å². The van der Waals surface area contributed by atoms with Crippen LogP contribution in [0.25, 0.3) is 0 Å². The Balaban J connectivity index is 2.09. The van der Waals surface area contributed by atoms with E-state index in [0.717, 1.165) is 3.57 Å². The molecule has 0 atom stereocenters. The third kappa shape index (κ3) is 3.94. The van der Waals surface area contributed by atoms with Gasteiger partial charge in [-0.05, 0) is 52.9 Å². The van der Waals surface area contributed by atoms with Crippen LogP contribution < -0.4 is 10.2 Å². The highest BCUT2D eigenvalue weighted by molar-refractivity contribution is 14.1. The molecule has 0 radical (unpaired) electrons. The number of rotatable bonds is 4. The molecular formula is C15H13IN2O3. The number of hydrogen-bond donors (Lipinski definition) is 2. The normalized spacial score (nSPS) is 10.6. The van der Waals surface area contributed by atoms with E-state index < -0.39 is 0 Å². The quantitative estimate of drug-likeness (QED) is 0.475. The van der Waals surface area contributed by atoms with E-state index in [-0.39, 0.29) is 11.7 Å². The molecule has 21 heavy (non-hydrogen) atoms. The van der Waals surface area contributed by atoms with Gasteiger partial charge < -0.3 is 9.84 Å². The molecule has 0 bridgehead atoms. The molecule has 0 saturated carbocycles. The highest BCUT2D eigenvalue weighted by atomic mass is 127. The minimum atomic E-state index is -0.307. The zero-order valence-electron chi connectivity index (χ0n) is 11.2. The number of aromatic hydroxyl groups is 1. The lowest BCUT2D eigenvalue weighted by Gasteiger charge is -2.04. The highest BCUT2D eigenvalue weighted by Gasteiger charge is 2.07. The Morgan fingerprint density at radius 1 is 1.33 bits per heavy atom. The van der Waals surface area contributed by atoms with Crippen LogP contribution in [0.2, 0.25) is 0 Å². The summed E-state index contributed by atoms with van der Waals surface area (Å²) in [5, 5.41) is 13.5. The van der Waals surface area contributed by atoms with Crippen LogP contribution in [0.5, 0.6) is 11.5 Å². The third-order valence-electron chi connectivity index (χ3n) is 2.72. The van der Waals surface area contributed by atoms with Gasteiger partial charge in [-0.25, -0.2) is 5.43 Å². The number of amides is 1. The molecule has 2 N–H and O–H groups in total. The van der Waals surface area contributed by atoms with Crippen LogP contribution >= 0.6 is 22.6 Å². The molecule has 2 aromatic rings. The van der Waals surface area contributed by atoms with Gasteiger partial charge >= 0.3 is 0 Å². The van der Waals surface area contributed by atoms with Crippen LogP contribution in [-0.2, 0) is 0 Å². The van der Waals surface area contributed by atoms with Crippen LogP contribution in [0.4, 0.5) is 0 Å². The lowest BCUT2D eigenvalue weighted by atomic mass is 10.2. The molecule has 5 nitrogen and oxygen atoms in total. The smallest absolute Gasteiger partial charge is 0.272 e. The number of methoxy groups -OCH3 is 1. The van der Waals surface area contributed by atoms with Crippen molar-refractivity contribution < 1.29 is 14.6 Å². The molecule has 1 amide bonds. The molecule has 0 heterocycles. The number of nitrogens with zero attached hydrogens (tertiary/aromatic N) is 1. The minimum absolute atomic E-state index is 0.0584. The number of halogens is 1. The number of hydrazone groups is 1. The van der Waals surface area contributed by atoms with E-state index in [4.69, 9.17) is 4.74 Å². The van der Waals surface area contributed by atoms with E-state index in [9.17, 15) is 9.90 Å². The number of nitrogens with one attached hydrogen (secondary N) is 1. The summed E-state index contributed by atoms with van der Waals surface area (Å²) in [6.07, 6.45) is 1.37. The Morgan fingerprint density at radius 2 is 2.10 bits per heavy atom.